The van der Waals surface area contributed by atoms with Crippen LogP contribution in [0.1, 0.15) is 32.8 Å². The van der Waals surface area contributed by atoms with E-state index in [2.05, 4.69) is 4.99 Å². The lowest BCUT2D eigenvalue weighted by Crippen LogP contribution is -2.29. The van der Waals surface area contributed by atoms with Gasteiger partial charge in [-0.1, -0.05) is 19.1 Å². The molecule has 3 rings (SSSR count). The van der Waals surface area contributed by atoms with Crippen LogP contribution in [0.4, 0.5) is 5.69 Å². The summed E-state index contributed by atoms with van der Waals surface area (Å²) in [4.78, 5) is 19.8. The molecule has 1 saturated heterocycles. The first-order valence-corrected chi connectivity index (χ1v) is 10.9. The summed E-state index contributed by atoms with van der Waals surface area (Å²) in [5, 5.41) is 11.1. The Morgan fingerprint density at radius 1 is 1.07 bits per heavy atom. The number of aromatic hydroxyl groups is 1. The number of carbonyl (C=O) groups excluding carboxylic acids is 1. The zero-order chi connectivity index (χ0) is 21.5. The van der Waals surface area contributed by atoms with Gasteiger partial charge < -0.3 is 14.6 Å². The van der Waals surface area contributed by atoms with Crippen molar-refractivity contribution in [1.82, 2.24) is 4.90 Å². The minimum Gasteiger partial charge on any atom is -0.504 e. The predicted molar refractivity (Wildman–Crippen MR) is 122 cm³/mol. The molecule has 2 aromatic rings. The van der Waals surface area contributed by atoms with Crippen LogP contribution < -0.4 is 9.47 Å². The molecule has 0 radical (unpaired) electrons. The molecule has 1 N–H and O–H groups in total. The highest BCUT2D eigenvalue weighted by atomic mass is 32.2. The zero-order valence-corrected chi connectivity index (χ0v) is 18.2. The Morgan fingerprint density at radius 3 is 2.47 bits per heavy atom. The molecule has 2 aromatic carbocycles. The average Bonchev–Trinajstić information content (AvgIpc) is 3.02. The number of para-hydroxylation sites is 1. The molecule has 0 aromatic heterocycles. The molecule has 1 aliphatic heterocycles. The van der Waals surface area contributed by atoms with Crippen LogP contribution in [-0.4, -0.2) is 40.8 Å². The number of phenolic OH excluding ortho intramolecular Hbond substituents is 1. The molecule has 1 aliphatic rings. The van der Waals surface area contributed by atoms with Gasteiger partial charge in [0.15, 0.2) is 16.7 Å². The van der Waals surface area contributed by atoms with Gasteiger partial charge in [0.05, 0.1) is 23.8 Å². The Hall–Kier alpha value is -2.93. The molecule has 0 atom stereocenters. The first-order valence-electron chi connectivity index (χ1n) is 10.0. The number of amidine groups is 1. The molecule has 1 heterocycles. The standard InChI is InChI=1S/C23H26N2O4S/c1-4-14-25-22(27)20(15-16-8-7-9-19(21(16)26)29-6-3)30-23(25)24-17-10-12-18(13-11-17)28-5-2/h7-13,15,26H,4-6,14H2,1-3H3/b20-15-,24-23?. The number of ether oxygens (including phenoxy) is 2. The molecule has 0 spiro atoms. The van der Waals surface area contributed by atoms with Gasteiger partial charge in [-0.25, -0.2) is 4.99 Å². The van der Waals surface area contributed by atoms with Gasteiger partial charge in [-0.05, 0) is 68.4 Å². The minimum absolute atomic E-state index is 0.0270. The lowest BCUT2D eigenvalue weighted by atomic mass is 10.1. The molecule has 0 bridgehead atoms. The van der Waals surface area contributed by atoms with Gasteiger partial charge >= 0.3 is 0 Å². The molecule has 158 valence electrons. The van der Waals surface area contributed by atoms with Crippen molar-refractivity contribution < 1.29 is 19.4 Å². The van der Waals surface area contributed by atoms with Crippen LogP contribution in [0.15, 0.2) is 52.4 Å². The van der Waals surface area contributed by atoms with Crippen molar-refractivity contribution in [3.8, 4) is 17.2 Å². The largest absolute Gasteiger partial charge is 0.504 e. The van der Waals surface area contributed by atoms with E-state index in [1.54, 1.807) is 29.2 Å². The molecule has 1 amide bonds. The summed E-state index contributed by atoms with van der Waals surface area (Å²) in [6.45, 7) is 7.44. The Morgan fingerprint density at radius 2 is 1.80 bits per heavy atom. The Labute approximate surface area is 181 Å². The van der Waals surface area contributed by atoms with Gasteiger partial charge in [0.25, 0.3) is 5.91 Å². The maximum atomic E-state index is 13.0. The van der Waals surface area contributed by atoms with Gasteiger partial charge in [-0.15, -0.1) is 0 Å². The summed E-state index contributed by atoms with van der Waals surface area (Å²) in [5.41, 5.74) is 1.29. The van der Waals surface area contributed by atoms with Crippen LogP contribution in [0.3, 0.4) is 0 Å². The minimum atomic E-state index is -0.118. The van der Waals surface area contributed by atoms with Gasteiger partial charge in [-0.2, -0.15) is 0 Å². The molecular weight excluding hydrogens is 400 g/mol. The number of carbonyl (C=O) groups is 1. The first kappa shape index (κ1) is 21.8. The number of hydrogen-bond donors (Lipinski definition) is 1. The van der Waals surface area contributed by atoms with Gasteiger partial charge in [0.1, 0.15) is 5.75 Å². The summed E-state index contributed by atoms with van der Waals surface area (Å²) in [6.07, 6.45) is 2.50. The number of benzene rings is 2. The summed E-state index contributed by atoms with van der Waals surface area (Å²) in [7, 11) is 0. The fourth-order valence-electron chi connectivity index (χ4n) is 2.98. The maximum Gasteiger partial charge on any atom is 0.266 e. The second-order valence-corrected chi connectivity index (χ2v) is 7.52. The van der Waals surface area contributed by atoms with Crippen molar-refractivity contribution in [1.29, 1.82) is 0 Å². The van der Waals surface area contributed by atoms with Crippen molar-refractivity contribution >= 4 is 34.6 Å². The number of hydrogen-bond acceptors (Lipinski definition) is 6. The SMILES string of the molecule is CCCN1C(=O)/C(=C/c2cccc(OCC)c2O)SC1=Nc1ccc(OCC)cc1. The van der Waals surface area contributed by atoms with Crippen molar-refractivity contribution in [2.45, 2.75) is 27.2 Å². The maximum absolute atomic E-state index is 13.0. The quantitative estimate of drug-likeness (QED) is 0.587. The van der Waals surface area contributed by atoms with Crippen LogP contribution in [0.5, 0.6) is 17.2 Å². The fraction of sp³-hybridized carbons (Fsp3) is 0.304. The third kappa shape index (κ3) is 4.97. The van der Waals surface area contributed by atoms with Crippen LogP contribution >= 0.6 is 11.8 Å². The normalized spacial score (nSPS) is 16.5. The lowest BCUT2D eigenvalue weighted by Gasteiger charge is -2.14. The Bertz CT molecular complexity index is 954. The third-order valence-corrected chi connectivity index (χ3v) is 5.33. The lowest BCUT2D eigenvalue weighted by molar-refractivity contribution is -0.122. The molecule has 7 heteroatoms. The monoisotopic (exact) mass is 426 g/mol. The summed E-state index contributed by atoms with van der Waals surface area (Å²) < 4.78 is 10.9. The van der Waals surface area contributed by atoms with E-state index in [-0.39, 0.29) is 11.7 Å². The van der Waals surface area contributed by atoms with Crippen LogP contribution in [0.25, 0.3) is 6.08 Å². The average molecular weight is 427 g/mol. The van der Waals surface area contributed by atoms with E-state index in [1.807, 2.05) is 45.0 Å². The summed E-state index contributed by atoms with van der Waals surface area (Å²) >= 11 is 1.30. The van der Waals surface area contributed by atoms with E-state index < -0.39 is 0 Å². The number of amides is 1. The van der Waals surface area contributed by atoms with E-state index in [1.165, 1.54) is 11.8 Å². The molecule has 1 fully saturated rings. The van der Waals surface area contributed by atoms with Crippen molar-refractivity contribution in [3.05, 3.63) is 52.9 Å². The van der Waals surface area contributed by atoms with E-state index in [0.717, 1.165) is 17.9 Å². The van der Waals surface area contributed by atoms with Gasteiger partial charge in [-0.3, -0.25) is 9.69 Å². The predicted octanol–water partition coefficient (Wildman–Crippen LogP) is 5.20. The van der Waals surface area contributed by atoms with Crippen LogP contribution in [-0.2, 0) is 4.79 Å². The molecule has 0 unspecified atom stereocenters. The smallest absolute Gasteiger partial charge is 0.266 e. The van der Waals surface area contributed by atoms with Gasteiger partial charge in [0, 0.05) is 12.1 Å². The highest BCUT2D eigenvalue weighted by Gasteiger charge is 2.33. The highest BCUT2D eigenvalue weighted by Crippen LogP contribution is 2.37. The Kier molecular flexibility index (Phi) is 7.41. The number of phenols is 1. The third-order valence-electron chi connectivity index (χ3n) is 4.32. The van der Waals surface area contributed by atoms with Crippen LogP contribution in [0, 0.1) is 0 Å². The first-order chi connectivity index (χ1) is 14.6. The van der Waals surface area contributed by atoms with Crippen molar-refractivity contribution in [2.75, 3.05) is 19.8 Å². The highest BCUT2D eigenvalue weighted by molar-refractivity contribution is 8.18. The second kappa shape index (κ2) is 10.2. The number of rotatable bonds is 8. The Balaban J connectivity index is 1.91. The van der Waals surface area contributed by atoms with Crippen molar-refractivity contribution in [3.63, 3.8) is 0 Å². The molecular formula is C23H26N2O4S. The van der Waals surface area contributed by atoms with Gasteiger partial charge in [0.2, 0.25) is 0 Å². The van der Waals surface area contributed by atoms with Crippen LogP contribution in [0.2, 0.25) is 0 Å². The van der Waals surface area contributed by atoms with Crippen molar-refractivity contribution in [2.24, 2.45) is 4.99 Å². The second-order valence-electron chi connectivity index (χ2n) is 6.52. The fourth-order valence-corrected chi connectivity index (χ4v) is 3.99. The topological polar surface area (TPSA) is 71.4 Å². The molecule has 6 nitrogen and oxygen atoms in total. The molecule has 30 heavy (non-hydrogen) atoms. The zero-order valence-electron chi connectivity index (χ0n) is 17.4. The van der Waals surface area contributed by atoms with E-state index in [4.69, 9.17) is 9.47 Å². The summed E-state index contributed by atoms with van der Waals surface area (Å²) in [6, 6.07) is 12.7. The number of aliphatic imine (C=N–C) groups is 1. The van der Waals surface area contributed by atoms with E-state index in [9.17, 15) is 9.90 Å². The summed E-state index contributed by atoms with van der Waals surface area (Å²) in [5.74, 6) is 1.09. The number of nitrogens with zero attached hydrogens (tertiary/aromatic N) is 2. The van der Waals surface area contributed by atoms with E-state index in [0.29, 0.717) is 41.1 Å². The molecule has 0 aliphatic carbocycles. The van der Waals surface area contributed by atoms with E-state index >= 15 is 0 Å². The number of thioether (sulfide) groups is 1. The molecule has 0 saturated carbocycles.